The molecule has 9 aromatic carbocycles. The third kappa shape index (κ3) is 5.21. The van der Waals surface area contributed by atoms with Crippen LogP contribution >= 0.6 is 0 Å². The summed E-state index contributed by atoms with van der Waals surface area (Å²) in [5.74, 6) is 1.68. The van der Waals surface area contributed by atoms with Gasteiger partial charge < -0.3 is 8.98 Å². The summed E-state index contributed by atoms with van der Waals surface area (Å²) in [6.45, 7) is 4.69. The Balaban J connectivity index is 1.00. The minimum Gasteiger partial charge on any atom is -0.456 e. The predicted molar refractivity (Wildman–Crippen MR) is 270 cm³/mol. The maximum atomic E-state index is 6.62. The molecule has 0 radical (unpaired) electrons. The summed E-state index contributed by atoms with van der Waals surface area (Å²) in [7, 11) is 0. The van der Waals surface area contributed by atoms with Crippen LogP contribution in [-0.2, 0) is 5.41 Å². The zero-order valence-corrected chi connectivity index (χ0v) is 36.2. The van der Waals surface area contributed by atoms with Gasteiger partial charge in [0.25, 0.3) is 0 Å². The van der Waals surface area contributed by atoms with E-state index in [0.29, 0.717) is 17.6 Å². The lowest BCUT2D eigenvalue weighted by molar-refractivity contribution is 0.661. The van der Waals surface area contributed by atoms with Crippen LogP contribution in [0.3, 0.4) is 0 Å². The summed E-state index contributed by atoms with van der Waals surface area (Å²) >= 11 is 0. The normalized spacial score (nSPS) is 13.1. The molecule has 1 aliphatic rings. The Bertz CT molecular complexity index is 4100. The van der Waals surface area contributed by atoms with Gasteiger partial charge in [0.05, 0.1) is 22.1 Å². The first kappa shape index (κ1) is 36.8. The van der Waals surface area contributed by atoms with E-state index < -0.39 is 0 Å². The Labute approximate surface area is 379 Å². The van der Waals surface area contributed by atoms with Crippen molar-refractivity contribution in [2.45, 2.75) is 19.3 Å². The molecule has 14 rings (SSSR count). The largest absolute Gasteiger partial charge is 0.456 e. The van der Waals surface area contributed by atoms with Crippen molar-refractivity contribution in [3.8, 4) is 56.7 Å². The fourth-order valence-electron chi connectivity index (χ4n) is 11.0. The molecule has 0 unspecified atom stereocenters. The van der Waals surface area contributed by atoms with Crippen molar-refractivity contribution in [2.75, 3.05) is 0 Å². The molecule has 0 amide bonds. The second-order valence-corrected chi connectivity index (χ2v) is 18.0. The summed E-state index contributed by atoms with van der Waals surface area (Å²) in [4.78, 5) is 16.0. The molecule has 6 nitrogen and oxygen atoms in total. The number of para-hydroxylation sites is 3. The maximum Gasteiger partial charge on any atom is 0.238 e. The average Bonchev–Trinajstić information content (AvgIpc) is 4.09. The van der Waals surface area contributed by atoms with Gasteiger partial charge in [-0.3, -0.25) is 4.57 Å². The monoisotopic (exact) mass is 845 g/mol. The number of hydrogen-bond acceptors (Lipinski definition) is 4. The van der Waals surface area contributed by atoms with Gasteiger partial charge >= 0.3 is 0 Å². The van der Waals surface area contributed by atoms with Crippen LogP contribution in [-0.4, -0.2) is 24.1 Å². The van der Waals surface area contributed by atoms with E-state index in [1.807, 2.05) is 12.1 Å². The van der Waals surface area contributed by atoms with E-state index in [9.17, 15) is 0 Å². The molecule has 13 aromatic rings. The van der Waals surface area contributed by atoms with E-state index >= 15 is 0 Å². The van der Waals surface area contributed by atoms with Crippen molar-refractivity contribution in [3.63, 3.8) is 0 Å². The van der Waals surface area contributed by atoms with Crippen LogP contribution in [0.5, 0.6) is 0 Å². The molecule has 0 bridgehead atoms. The van der Waals surface area contributed by atoms with Crippen molar-refractivity contribution in [3.05, 3.63) is 211 Å². The lowest BCUT2D eigenvalue weighted by atomic mass is 9.82. The van der Waals surface area contributed by atoms with E-state index in [4.69, 9.17) is 19.4 Å². The quantitative estimate of drug-likeness (QED) is 0.173. The zero-order chi connectivity index (χ0) is 43.7. The highest BCUT2D eigenvalue weighted by molar-refractivity contribution is 6.16. The molecule has 1 aliphatic carbocycles. The molecule has 6 heteroatoms. The summed E-state index contributed by atoms with van der Waals surface area (Å²) in [6.07, 6.45) is 0. The van der Waals surface area contributed by atoms with Gasteiger partial charge in [0, 0.05) is 60.1 Å². The first-order chi connectivity index (χ1) is 32.5. The Morgan fingerprint density at radius 1 is 0.409 bits per heavy atom. The summed E-state index contributed by atoms with van der Waals surface area (Å²) in [5, 5.41) is 6.86. The van der Waals surface area contributed by atoms with E-state index in [1.165, 1.54) is 38.5 Å². The lowest BCUT2D eigenvalue weighted by Gasteiger charge is -2.21. The van der Waals surface area contributed by atoms with Crippen LogP contribution in [0.15, 0.2) is 205 Å². The summed E-state index contributed by atoms with van der Waals surface area (Å²) in [6, 6.07) is 71.0. The highest BCUT2D eigenvalue weighted by atomic mass is 16.3. The smallest absolute Gasteiger partial charge is 0.238 e. The number of furan rings is 1. The van der Waals surface area contributed by atoms with Crippen LogP contribution < -0.4 is 0 Å². The van der Waals surface area contributed by atoms with Gasteiger partial charge in [0.15, 0.2) is 11.6 Å². The zero-order valence-electron chi connectivity index (χ0n) is 36.2. The number of aromatic nitrogens is 5. The minimum atomic E-state index is -0.136. The van der Waals surface area contributed by atoms with Crippen molar-refractivity contribution < 1.29 is 4.42 Å². The van der Waals surface area contributed by atoms with Crippen LogP contribution in [0.4, 0.5) is 0 Å². The van der Waals surface area contributed by atoms with E-state index in [0.717, 1.165) is 77.2 Å². The molecule has 4 aromatic heterocycles. The molecule has 0 saturated heterocycles. The highest BCUT2D eigenvalue weighted by Gasteiger charge is 2.37. The van der Waals surface area contributed by atoms with E-state index in [2.05, 4.69) is 211 Å². The summed E-state index contributed by atoms with van der Waals surface area (Å²) in [5.41, 5.74) is 16.2. The molecule has 0 aliphatic heterocycles. The Hall–Kier alpha value is -8.61. The van der Waals surface area contributed by atoms with Crippen molar-refractivity contribution >= 4 is 65.6 Å². The van der Waals surface area contributed by atoms with Crippen molar-refractivity contribution in [1.29, 1.82) is 0 Å². The van der Waals surface area contributed by atoms with Gasteiger partial charge in [-0.25, -0.2) is 4.98 Å². The van der Waals surface area contributed by atoms with Crippen LogP contribution in [0.1, 0.15) is 25.0 Å². The first-order valence-corrected chi connectivity index (χ1v) is 22.5. The third-order valence-electron chi connectivity index (χ3n) is 14.0. The summed E-state index contributed by atoms with van der Waals surface area (Å²) < 4.78 is 11.2. The third-order valence-corrected chi connectivity index (χ3v) is 14.0. The maximum absolute atomic E-state index is 6.62. The minimum absolute atomic E-state index is 0.136. The molecular weight excluding hydrogens is 807 g/mol. The van der Waals surface area contributed by atoms with Gasteiger partial charge in [-0.2, -0.15) is 9.97 Å². The molecular formula is C60H39N5O. The van der Waals surface area contributed by atoms with Crippen molar-refractivity contribution in [1.82, 2.24) is 24.1 Å². The molecule has 0 spiro atoms. The number of benzene rings is 9. The Morgan fingerprint density at radius 2 is 1.00 bits per heavy atom. The Kier molecular flexibility index (Phi) is 7.64. The fraction of sp³-hybridized carbons (Fsp3) is 0.0500. The number of rotatable bonds is 5. The van der Waals surface area contributed by atoms with Crippen molar-refractivity contribution in [2.24, 2.45) is 0 Å². The second-order valence-electron chi connectivity index (χ2n) is 18.0. The number of nitrogens with zero attached hydrogens (tertiary/aromatic N) is 5. The fourth-order valence-corrected chi connectivity index (χ4v) is 11.0. The second kappa shape index (κ2) is 13.7. The molecule has 0 saturated carbocycles. The van der Waals surface area contributed by atoms with Crippen LogP contribution in [0.25, 0.3) is 122 Å². The lowest BCUT2D eigenvalue weighted by Crippen LogP contribution is -2.14. The van der Waals surface area contributed by atoms with Gasteiger partial charge in [-0.15, -0.1) is 0 Å². The topological polar surface area (TPSA) is 61.7 Å². The Morgan fingerprint density at radius 3 is 1.76 bits per heavy atom. The molecule has 66 heavy (non-hydrogen) atoms. The number of hydrogen-bond donors (Lipinski definition) is 0. The van der Waals surface area contributed by atoms with Crippen LogP contribution in [0, 0.1) is 0 Å². The van der Waals surface area contributed by atoms with Gasteiger partial charge in [0.2, 0.25) is 5.95 Å². The van der Waals surface area contributed by atoms with Gasteiger partial charge in [-0.05, 0) is 76.3 Å². The van der Waals surface area contributed by atoms with E-state index in [1.54, 1.807) is 0 Å². The molecule has 0 atom stereocenters. The van der Waals surface area contributed by atoms with Gasteiger partial charge in [-0.1, -0.05) is 166 Å². The first-order valence-electron chi connectivity index (χ1n) is 22.5. The molecule has 0 fully saturated rings. The molecule has 0 N–H and O–H groups in total. The molecule has 4 heterocycles. The van der Waals surface area contributed by atoms with E-state index in [-0.39, 0.29) is 5.41 Å². The van der Waals surface area contributed by atoms with Crippen LogP contribution in [0.2, 0.25) is 0 Å². The predicted octanol–water partition coefficient (Wildman–Crippen LogP) is 15.3. The van der Waals surface area contributed by atoms with Gasteiger partial charge in [0.1, 0.15) is 11.2 Å². The highest BCUT2D eigenvalue weighted by Crippen LogP contribution is 2.53. The standard InChI is InChI=1S/C60H39N5O/c1-60(2)47-25-10-6-23-45(47)55-48(60)33-32-44-43-22-9-11-26-49(43)64(56(44)55)39-19-14-18-37(34-39)57-61-58(63-59(62-57)65-50-27-12-7-20-41(50)42-21-8-13-28-51(42)65)38-30-31-46-53(35-38)66-52-29-15-24-40(54(46)52)36-16-4-3-5-17-36/h3-35H,1-2H3. The average molecular weight is 846 g/mol. The SMILES string of the molecule is CC1(C)c2ccccc2-c2c1ccc1c3ccccc3n(-c3cccc(-c4nc(-c5ccc6c(c5)oc5cccc(-c7ccccc7)c56)nc(-n5c6ccccc6c6ccccc65)n4)c3)c21. The number of fused-ring (bicyclic) bond motifs is 13. The molecule has 310 valence electrons.